The molecular weight excluding hydrogens is 355 g/mol. The molecule has 2 aromatic rings. The van der Waals surface area contributed by atoms with Gasteiger partial charge in [-0.25, -0.2) is 13.2 Å². The van der Waals surface area contributed by atoms with Crippen LogP contribution in [0.2, 0.25) is 0 Å². The number of carbonyl (C=O) groups is 2. The number of carbonyl (C=O) groups excluding carboxylic acids is 2. The zero-order valence-corrected chi connectivity index (χ0v) is 13.7. The van der Waals surface area contributed by atoms with Crippen LogP contribution in [0, 0.1) is 17.5 Å². The Bertz CT molecular complexity index is 753. The van der Waals surface area contributed by atoms with Gasteiger partial charge < -0.3 is 10.1 Å². The molecule has 2 aromatic carbocycles. The number of hydrogen-bond acceptors (Lipinski definition) is 4. The molecule has 0 fully saturated rings. The number of halogens is 3. The zero-order valence-electron chi connectivity index (χ0n) is 12.9. The van der Waals surface area contributed by atoms with Crippen LogP contribution in [0.4, 0.5) is 18.9 Å². The Morgan fingerprint density at radius 2 is 1.68 bits per heavy atom. The Labute approximate surface area is 146 Å². The normalized spacial score (nSPS) is 10.4. The van der Waals surface area contributed by atoms with Crippen molar-refractivity contribution in [3.63, 3.8) is 0 Å². The van der Waals surface area contributed by atoms with Gasteiger partial charge >= 0.3 is 5.97 Å². The summed E-state index contributed by atoms with van der Waals surface area (Å²) in [5.41, 5.74) is -0.326. The van der Waals surface area contributed by atoms with E-state index in [0.717, 1.165) is 23.1 Å². The molecule has 0 heterocycles. The second-order valence-electron chi connectivity index (χ2n) is 4.89. The molecule has 2 rings (SSSR count). The maximum atomic E-state index is 13.4. The number of nitrogens with one attached hydrogen (secondary N) is 1. The van der Waals surface area contributed by atoms with E-state index in [1.54, 1.807) is 12.1 Å². The molecule has 0 aromatic heterocycles. The van der Waals surface area contributed by atoms with E-state index >= 15 is 0 Å². The summed E-state index contributed by atoms with van der Waals surface area (Å²) in [6, 6.07) is 8.44. The van der Waals surface area contributed by atoms with Crippen molar-refractivity contribution in [2.75, 3.05) is 17.7 Å². The van der Waals surface area contributed by atoms with Crippen molar-refractivity contribution in [3.05, 3.63) is 59.9 Å². The molecule has 0 aliphatic carbocycles. The molecule has 1 N–H and O–H groups in total. The number of esters is 1. The Hall–Kier alpha value is -2.48. The summed E-state index contributed by atoms with van der Waals surface area (Å²) in [6.45, 7) is -0.601. The molecule has 0 bridgehead atoms. The summed E-state index contributed by atoms with van der Waals surface area (Å²) in [4.78, 5) is 23.9. The van der Waals surface area contributed by atoms with Crippen molar-refractivity contribution < 1.29 is 27.5 Å². The maximum absolute atomic E-state index is 13.4. The first-order valence-electron chi connectivity index (χ1n) is 7.23. The Balaban J connectivity index is 1.69. The monoisotopic (exact) mass is 369 g/mol. The summed E-state index contributed by atoms with van der Waals surface area (Å²) in [5.74, 6) is -2.83. The first-order valence-corrected chi connectivity index (χ1v) is 8.21. The minimum atomic E-state index is -0.795. The Morgan fingerprint density at radius 1 is 1.00 bits per heavy atom. The number of hydrogen-bond donors (Lipinski definition) is 1. The lowest BCUT2D eigenvalue weighted by molar-refractivity contribution is -0.146. The molecule has 0 saturated heterocycles. The molecule has 0 saturated carbocycles. The van der Waals surface area contributed by atoms with E-state index in [1.807, 2.05) is 0 Å². The van der Waals surface area contributed by atoms with Crippen molar-refractivity contribution >= 4 is 29.3 Å². The lowest BCUT2D eigenvalue weighted by atomic mass is 10.3. The third-order valence-corrected chi connectivity index (χ3v) is 3.97. The predicted molar refractivity (Wildman–Crippen MR) is 87.7 cm³/mol. The second kappa shape index (κ2) is 9.12. The van der Waals surface area contributed by atoms with Gasteiger partial charge in [-0.2, -0.15) is 0 Å². The van der Waals surface area contributed by atoms with Gasteiger partial charge in [0.1, 0.15) is 17.5 Å². The lowest BCUT2D eigenvalue weighted by Crippen LogP contribution is -2.21. The van der Waals surface area contributed by atoms with E-state index in [0.29, 0.717) is 5.75 Å². The van der Waals surface area contributed by atoms with Crippen LogP contribution in [0.15, 0.2) is 47.4 Å². The minimum absolute atomic E-state index is 0.0453. The quantitative estimate of drug-likeness (QED) is 0.596. The fourth-order valence-electron chi connectivity index (χ4n) is 1.78. The third kappa shape index (κ3) is 6.50. The van der Waals surface area contributed by atoms with Gasteiger partial charge in [-0.15, -0.1) is 11.8 Å². The Kier molecular flexibility index (Phi) is 6.88. The molecule has 25 heavy (non-hydrogen) atoms. The average Bonchev–Trinajstić information content (AvgIpc) is 2.58. The molecule has 0 aliphatic rings. The number of benzene rings is 2. The van der Waals surface area contributed by atoms with Gasteiger partial charge in [0, 0.05) is 16.7 Å². The van der Waals surface area contributed by atoms with Crippen molar-refractivity contribution in [1.82, 2.24) is 0 Å². The molecule has 1 amide bonds. The predicted octanol–water partition coefficient (Wildman–Crippen LogP) is 3.77. The van der Waals surface area contributed by atoms with Crippen LogP contribution in [0.5, 0.6) is 0 Å². The van der Waals surface area contributed by atoms with Crippen LogP contribution in [0.25, 0.3) is 0 Å². The van der Waals surface area contributed by atoms with E-state index in [9.17, 15) is 22.8 Å². The highest BCUT2D eigenvalue weighted by atomic mass is 32.2. The first-order chi connectivity index (χ1) is 11.9. The maximum Gasteiger partial charge on any atom is 0.307 e. The minimum Gasteiger partial charge on any atom is -0.456 e. The van der Waals surface area contributed by atoms with E-state index in [2.05, 4.69) is 5.32 Å². The fraction of sp³-hybridized carbons (Fsp3) is 0.176. The third-order valence-electron chi connectivity index (χ3n) is 2.96. The highest BCUT2D eigenvalue weighted by Gasteiger charge is 2.11. The number of amides is 1. The number of anilines is 1. The summed E-state index contributed by atoms with van der Waals surface area (Å²) >= 11 is 1.34. The van der Waals surface area contributed by atoms with Gasteiger partial charge in [-0.1, -0.05) is 0 Å². The van der Waals surface area contributed by atoms with E-state index in [1.165, 1.54) is 23.9 Å². The molecule has 8 heteroatoms. The van der Waals surface area contributed by atoms with Crippen LogP contribution in [0.3, 0.4) is 0 Å². The van der Waals surface area contributed by atoms with Crippen molar-refractivity contribution in [1.29, 1.82) is 0 Å². The molecule has 0 atom stereocenters. The lowest BCUT2D eigenvalue weighted by Gasteiger charge is -2.07. The number of rotatable bonds is 7. The van der Waals surface area contributed by atoms with Crippen LogP contribution >= 0.6 is 11.8 Å². The standard InChI is InChI=1S/C17H14F3NO3S/c18-11-1-4-13(5-2-11)25-8-7-17(23)24-10-16(22)21-15-9-12(19)3-6-14(15)20/h1-6,9H,7-8,10H2,(H,21,22). The first kappa shape index (κ1) is 18.9. The highest BCUT2D eigenvalue weighted by Crippen LogP contribution is 2.19. The van der Waals surface area contributed by atoms with Gasteiger partial charge in [0.2, 0.25) is 0 Å². The van der Waals surface area contributed by atoms with Gasteiger partial charge in [-0.05, 0) is 36.4 Å². The molecule has 4 nitrogen and oxygen atoms in total. The Morgan fingerprint density at radius 3 is 2.40 bits per heavy atom. The van der Waals surface area contributed by atoms with Crippen LogP contribution in [-0.4, -0.2) is 24.2 Å². The van der Waals surface area contributed by atoms with Crippen molar-refractivity contribution in [3.8, 4) is 0 Å². The zero-order chi connectivity index (χ0) is 18.2. The molecular formula is C17H14F3NO3S. The topological polar surface area (TPSA) is 55.4 Å². The van der Waals surface area contributed by atoms with Crippen LogP contribution < -0.4 is 5.32 Å². The van der Waals surface area contributed by atoms with Gasteiger partial charge in [0.25, 0.3) is 5.91 Å². The van der Waals surface area contributed by atoms with Gasteiger partial charge in [0.15, 0.2) is 6.61 Å². The molecule has 132 valence electrons. The average molecular weight is 369 g/mol. The summed E-state index contributed by atoms with van der Waals surface area (Å²) in [6.07, 6.45) is 0.0453. The largest absolute Gasteiger partial charge is 0.456 e. The van der Waals surface area contributed by atoms with Crippen LogP contribution in [-0.2, 0) is 14.3 Å². The number of thioether (sulfide) groups is 1. The molecule has 0 unspecified atom stereocenters. The van der Waals surface area contributed by atoms with Gasteiger partial charge in [-0.3, -0.25) is 9.59 Å². The summed E-state index contributed by atoms with van der Waals surface area (Å²) in [7, 11) is 0. The van der Waals surface area contributed by atoms with Gasteiger partial charge in [0.05, 0.1) is 12.1 Å². The van der Waals surface area contributed by atoms with Crippen LogP contribution in [0.1, 0.15) is 6.42 Å². The second-order valence-corrected chi connectivity index (χ2v) is 6.05. The molecule has 0 aliphatic heterocycles. The van der Waals surface area contributed by atoms with Crippen molar-refractivity contribution in [2.24, 2.45) is 0 Å². The fourth-order valence-corrected chi connectivity index (χ4v) is 2.61. The van der Waals surface area contributed by atoms with E-state index in [-0.39, 0.29) is 17.9 Å². The summed E-state index contributed by atoms with van der Waals surface area (Å²) < 4.78 is 43.9. The van der Waals surface area contributed by atoms with Crippen molar-refractivity contribution in [2.45, 2.75) is 11.3 Å². The number of ether oxygens (including phenoxy) is 1. The van der Waals surface area contributed by atoms with E-state index < -0.39 is 30.1 Å². The molecule has 0 radical (unpaired) electrons. The molecule has 0 spiro atoms. The highest BCUT2D eigenvalue weighted by molar-refractivity contribution is 7.99. The summed E-state index contributed by atoms with van der Waals surface area (Å²) in [5, 5.41) is 2.12. The SMILES string of the molecule is O=C(COC(=O)CCSc1ccc(F)cc1)Nc1cc(F)ccc1F. The van der Waals surface area contributed by atoms with E-state index in [4.69, 9.17) is 4.74 Å². The smallest absolute Gasteiger partial charge is 0.307 e.